The van der Waals surface area contributed by atoms with Crippen molar-refractivity contribution < 1.29 is 61.6 Å². The SMILES string of the molecule is CCC(=O)Nc1cccc(Br)c1COc1ccc(C)cc1C.CCC(=O)Nc1cccc(C)c1COc1ccc(C)cc1C.CCC(=O)Nc1cccc(CC)c1COc1ccc(C)cc1C.CCC(=O)Nc1cccc(Cl)c1COc1ccc(C)cc1C.CCC(=O)Nc1cccc(F)c1COc1ccc(C)cc1C.CCC(=O)Nc1cccc(I)c1COc1ccc(C)cc1C. The molecule has 0 radical (unpaired) electrons. The molecule has 0 bridgehead atoms. The molecule has 18 nitrogen and oxygen atoms in total. The van der Waals surface area contributed by atoms with E-state index < -0.39 is 5.82 Å². The van der Waals surface area contributed by atoms with Crippen LogP contribution in [0.15, 0.2) is 223 Å². The molecule has 12 aromatic rings. The largest absolute Gasteiger partial charge is 0.489 e. The Labute approximate surface area is 813 Å². The molecule has 0 aliphatic carbocycles. The third-order valence-electron chi connectivity index (χ3n) is 21.3. The molecular formula is C111H128BrClFIN6O12. The van der Waals surface area contributed by atoms with Crippen LogP contribution in [0.25, 0.3) is 0 Å². The van der Waals surface area contributed by atoms with Crippen LogP contribution in [0.2, 0.25) is 5.02 Å². The quantitative estimate of drug-likeness (QED) is 0.0223. The summed E-state index contributed by atoms with van der Waals surface area (Å²) in [4.78, 5) is 69.9. The molecule has 0 aromatic heterocycles. The zero-order valence-electron chi connectivity index (χ0n) is 80.4. The van der Waals surface area contributed by atoms with Gasteiger partial charge in [0.1, 0.15) is 80.0 Å². The van der Waals surface area contributed by atoms with Gasteiger partial charge < -0.3 is 60.3 Å². The van der Waals surface area contributed by atoms with Gasteiger partial charge in [-0.2, -0.15) is 0 Å². The van der Waals surface area contributed by atoms with Crippen LogP contribution in [0, 0.1) is 99.4 Å². The molecule has 0 atom stereocenters. The van der Waals surface area contributed by atoms with Gasteiger partial charge in [-0.25, -0.2) is 4.39 Å². The van der Waals surface area contributed by atoms with E-state index in [1.54, 1.807) is 25.1 Å². The van der Waals surface area contributed by atoms with Crippen LogP contribution in [0.5, 0.6) is 34.5 Å². The highest BCUT2D eigenvalue weighted by atomic mass is 127. The van der Waals surface area contributed by atoms with Gasteiger partial charge in [-0.05, 0) is 261 Å². The number of carbonyl (C=O) groups is 6. The van der Waals surface area contributed by atoms with Crippen molar-refractivity contribution in [3.63, 3.8) is 0 Å². The van der Waals surface area contributed by atoms with Gasteiger partial charge in [0.05, 0.1) is 5.69 Å². The van der Waals surface area contributed by atoms with E-state index in [9.17, 15) is 33.2 Å². The zero-order chi connectivity index (χ0) is 97.4. The molecule has 0 fully saturated rings. The third kappa shape index (κ3) is 35.0. The fourth-order valence-corrected chi connectivity index (χ4v) is 15.0. The average Bonchev–Trinajstić information content (AvgIpc) is 0.803. The second-order valence-corrected chi connectivity index (χ2v) is 34.6. The maximum absolute atomic E-state index is 14.0. The monoisotopic (exact) mass is 2000 g/mol. The highest BCUT2D eigenvalue weighted by Crippen LogP contribution is 2.35. The molecule has 6 amide bonds. The number of rotatable bonds is 31. The van der Waals surface area contributed by atoms with Crippen molar-refractivity contribution in [3.8, 4) is 34.5 Å². The Kier molecular flexibility index (Phi) is 44.8. The topological polar surface area (TPSA) is 230 Å². The van der Waals surface area contributed by atoms with Crippen LogP contribution in [0.1, 0.15) is 198 Å². The van der Waals surface area contributed by atoms with Gasteiger partial charge >= 0.3 is 0 Å². The summed E-state index contributed by atoms with van der Waals surface area (Å²) in [5, 5.41) is 17.9. The number of nitrogens with one attached hydrogen (secondary N) is 6. The predicted octanol–water partition coefficient (Wildman–Crippen LogP) is 28.4. The summed E-state index contributed by atoms with van der Waals surface area (Å²) in [5.41, 5.74) is 25.6. The lowest BCUT2D eigenvalue weighted by Gasteiger charge is -2.16. The van der Waals surface area contributed by atoms with Crippen molar-refractivity contribution in [1.82, 2.24) is 0 Å². The average molecular weight is 2000 g/mol. The lowest BCUT2D eigenvalue weighted by atomic mass is 10.0. The van der Waals surface area contributed by atoms with E-state index in [1.165, 1.54) is 39.4 Å². The first-order chi connectivity index (χ1) is 63.6. The van der Waals surface area contributed by atoms with Gasteiger partial charge in [0.15, 0.2) is 0 Å². The Morgan fingerprint density at radius 1 is 0.286 bits per heavy atom. The number of ether oxygens (including phenoxy) is 6. The van der Waals surface area contributed by atoms with Crippen molar-refractivity contribution >= 4 is 120 Å². The normalized spacial score (nSPS) is 10.4. The molecule has 0 saturated carbocycles. The van der Waals surface area contributed by atoms with Gasteiger partial charge in [0, 0.05) is 113 Å². The Morgan fingerprint density at radius 3 is 0.872 bits per heavy atom. The molecule has 0 spiro atoms. The molecule has 133 heavy (non-hydrogen) atoms. The zero-order valence-corrected chi connectivity index (χ0v) is 84.9. The van der Waals surface area contributed by atoms with E-state index in [-0.39, 0.29) is 42.0 Å². The van der Waals surface area contributed by atoms with Gasteiger partial charge in [0.25, 0.3) is 0 Å². The first-order valence-electron chi connectivity index (χ1n) is 44.9. The number of halogens is 4. The smallest absolute Gasteiger partial charge is 0.224 e. The number of hydrogen-bond donors (Lipinski definition) is 6. The van der Waals surface area contributed by atoms with Crippen LogP contribution < -0.4 is 60.3 Å². The number of hydrogen-bond acceptors (Lipinski definition) is 12. The summed E-state index contributed by atoms with van der Waals surface area (Å²) in [6.45, 7) is 41.6. The minimum Gasteiger partial charge on any atom is -0.489 e. The second kappa shape index (κ2) is 55.3. The lowest BCUT2D eigenvalue weighted by Crippen LogP contribution is -2.13. The summed E-state index contributed by atoms with van der Waals surface area (Å²) in [6, 6.07) is 69.9. The molecule has 6 N–H and O–H groups in total. The van der Waals surface area contributed by atoms with E-state index >= 15 is 0 Å². The molecule has 0 saturated heterocycles. The van der Waals surface area contributed by atoms with Crippen molar-refractivity contribution in [2.24, 2.45) is 0 Å². The van der Waals surface area contributed by atoms with Crippen LogP contribution >= 0.6 is 50.1 Å². The second-order valence-electron chi connectivity index (χ2n) is 32.2. The maximum atomic E-state index is 14.0. The summed E-state index contributed by atoms with van der Waals surface area (Å²) in [7, 11) is 0. The Hall–Kier alpha value is -12.3. The van der Waals surface area contributed by atoms with E-state index in [0.717, 1.165) is 138 Å². The number of amides is 6. The minimum atomic E-state index is -0.390. The molecule has 12 rings (SSSR count). The molecule has 0 heterocycles. The van der Waals surface area contributed by atoms with Crippen molar-refractivity contribution in [2.75, 3.05) is 31.9 Å². The van der Waals surface area contributed by atoms with E-state index in [4.69, 9.17) is 40.0 Å². The number of carbonyl (C=O) groups excluding carboxylic acids is 6. The summed E-state index contributed by atoms with van der Waals surface area (Å²) in [5.74, 6) is 4.46. The molecule has 0 unspecified atom stereocenters. The molecule has 22 heteroatoms. The number of benzene rings is 12. The first kappa shape index (κ1) is 108. The molecular weight excluding hydrogens is 1870 g/mol. The van der Waals surface area contributed by atoms with Gasteiger partial charge in [0.2, 0.25) is 35.4 Å². The summed E-state index contributed by atoms with van der Waals surface area (Å²) in [6.07, 6.45) is 3.50. The number of aryl methyl sites for hydroxylation is 14. The highest BCUT2D eigenvalue weighted by molar-refractivity contribution is 14.1. The van der Waals surface area contributed by atoms with Crippen molar-refractivity contribution in [3.05, 3.63) is 349 Å². The van der Waals surface area contributed by atoms with Crippen molar-refractivity contribution in [2.45, 2.75) is 223 Å². The predicted molar refractivity (Wildman–Crippen MR) is 553 cm³/mol. The fourth-order valence-electron chi connectivity index (χ4n) is 13.7. The van der Waals surface area contributed by atoms with E-state index in [2.05, 4.69) is 141 Å². The summed E-state index contributed by atoms with van der Waals surface area (Å²) < 4.78 is 51.5. The van der Waals surface area contributed by atoms with Gasteiger partial charge in [-0.1, -0.05) is 231 Å². The maximum Gasteiger partial charge on any atom is 0.224 e. The molecule has 0 aliphatic heterocycles. The van der Waals surface area contributed by atoms with Crippen LogP contribution in [0.4, 0.5) is 38.5 Å². The first-order valence-corrected chi connectivity index (χ1v) is 47.1. The molecule has 702 valence electrons. The minimum absolute atomic E-state index is 0.00846. The summed E-state index contributed by atoms with van der Waals surface area (Å²) >= 11 is 12.1. The van der Waals surface area contributed by atoms with Gasteiger partial charge in [-0.15, -0.1) is 0 Å². The van der Waals surface area contributed by atoms with E-state index in [0.29, 0.717) is 99.3 Å². The van der Waals surface area contributed by atoms with Crippen molar-refractivity contribution in [1.29, 1.82) is 0 Å². The lowest BCUT2D eigenvalue weighted by molar-refractivity contribution is -0.116. The Balaban J connectivity index is 0.000000218. The van der Waals surface area contributed by atoms with Crippen LogP contribution in [-0.2, 0) is 74.8 Å². The molecule has 12 aromatic carbocycles. The Morgan fingerprint density at radius 2 is 0.534 bits per heavy atom. The third-order valence-corrected chi connectivity index (χ3v) is 23.4. The fraction of sp³-hybridized carbons (Fsp3) is 0.297. The van der Waals surface area contributed by atoms with Gasteiger partial charge in [-0.3, -0.25) is 28.8 Å². The standard InChI is InChI=1S/C20H25NO2.C19H23NO2.C18H20BrNO2.C18H20ClNO2.C18H20FNO2.C18H20INO2/c1-5-16-8-7-9-18(21-20(22)6-2)17(16)13-23-19-11-10-14(3)12-15(19)4;1-5-19(21)20-17-8-6-7-14(3)16(17)12-22-18-10-9-13(2)11-15(18)4;4*1-4-18(21)20-16-7-5-6-15(19)14(16)11-22-17-9-8-12(2)10-13(17)3/h7-12H,5-6,13H2,1-4H3,(H,21,22);6-11H,5,12H2,1-4H3,(H,20,21);4*5-10H,4,11H2,1-3H3,(H,20,21). The molecule has 0 aliphatic rings. The van der Waals surface area contributed by atoms with Crippen LogP contribution in [0.3, 0.4) is 0 Å². The van der Waals surface area contributed by atoms with E-state index in [1.807, 2.05) is 255 Å². The number of anilines is 6. The highest BCUT2D eigenvalue weighted by Gasteiger charge is 2.19. The van der Waals surface area contributed by atoms with Crippen LogP contribution in [-0.4, -0.2) is 35.4 Å². The Bertz CT molecular complexity index is 5270.